The maximum Gasteiger partial charge on any atom is 0.327 e. The van der Waals surface area contributed by atoms with Crippen LogP contribution in [0.15, 0.2) is 18.2 Å². The molecule has 7 heteroatoms. The van der Waals surface area contributed by atoms with Gasteiger partial charge < -0.3 is 20.2 Å². The third-order valence-corrected chi connectivity index (χ3v) is 4.18. The van der Waals surface area contributed by atoms with E-state index in [0.717, 1.165) is 6.07 Å². The average Bonchev–Trinajstić information content (AvgIpc) is 2.74. The van der Waals surface area contributed by atoms with Crippen LogP contribution in [0.3, 0.4) is 0 Å². The maximum absolute atomic E-state index is 12.3. The van der Waals surface area contributed by atoms with Gasteiger partial charge in [-0.25, -0.2) is 4.79 Å². The number of nitrogens with zero attached hydrogens (tertiary/aromatic N) is 1. The predicted molar refractivity (Wildman–Crippen MR) is 69.3 cm³/mol. The number of carbonyl (C=O) groups is 2. The summed E-state index contributed by atoms with van der Waals surface area (Å²) < 4.78 is 0. The van der Waals surface area contributed by atoms with Crippen LogP contribution in [0.1, 0.15) is 17.3 Å². The van der Waals surface area contributed by atoms with Gasteiger partial charge in [0.2, 0.25) is 0 Å². The number of benzene rings is 1. The first-order chi connectivity index (χ1) is 8.91. The van der Waals surface area contributed by atoms with E-state index in [4.69, 9.17) is 5.11 Å². The molecule has 1 aromatic rings. The van der Waals surface area contributed by atoms with Crippen LogP contribution < -0.4 is 0 Å². The summed E-state index contributed by atoms with van der Waals surface area (Å²) in [5.41, 5.74) is 0.149. The summed E-state index contributed by atoms with van der Waals surface area (Å²) in [4.78, 5) is 24.7. The number of carboxylic acids is 1. The quantitative estimate of drug-likeness (QED) is 0.703. The molecule has 1 amide bonds. The lowest BCUT2D eigenvalue weighted by atomic mass is 10.1. The van der Waals surface area contributed by atoms with Crippen molar-refractivity contribution >= 4 is 23.6 Å². The molecule has 1 heterocycles. The van der Waals surface area contributed by atoms with E-state index in [-0.39, 0.29) is 16.7 Å². The van der Waals surface area contributed by atoms with Crippen LogP contribution in [0.4, 0.5) is 0 Å². The molecule has 0 aromatic heterocycles. The molecule has 1 fully saturated rings. The molecule has 0 saturated carbocycles. The van der Waals surface area contributed by atoms with E-state index in [2.05, 4.69) is 0 Å². The van der Waals surface area contributed by atoms with Gasteiger partial charge in [-0.2, -0.15) is 0 Å². The lowest BCUT2D eigenvalue weighted by molar-refractivity contribution is -0.141. The number of hydrogen-bond acceptors (Lipinski definition) is 5. The Labute approximate surface area is 113 Å². The number of thioether (sulfide) groups is 1. The van der Waals surface area contributed by atoms with Crippen LogP contribution in [-0.2, 0) is 4.79 Å². The zero-order valence-corrected chi connectivity index (χ0v) is 10.9. The largest absolute Gasteiger partial charge is 0.504 e. The molecule has 0 spiro atoms. The SMILES string of the molecule is CC1SCC(C(=O)O)N1C(=O)c1ccc(O)c(O)c1. The smallest absolute Gasteiger partial charge is 0.327 e. The molecule has 102 valence electrons. The maximum atomic E-state index is 12.3. The summed E-state index contributed by atoms with van der Waals surface area (Å²) in [5, 5.41) is 27.5. The number of phenols is 2. The fourth-order valence-corrected chi connectivity index (χ4v) is 3.11. The van der Waals surface area contributed by atoms with Crippen molar-refractivity contribution in [3.05, 3.63) is 23.8 Å². The molecule has 2 rings (SSSR count). The Morgan fingerprint density at radius 2 is 2.00 bits per heavy atom. The molecular formula is C12H13NO5S. The molecule has 1 aliphatic rings. The first kappa shape index (κ1) is 13.5. The number of aromatic hydroxyl groups is 2. The first-order valence-electron chi connectivity index (χ1n) is 5.61. The topological polar surface area (TPSA) is 98.1 Å². The van der Waals surface area contributed by atoms with E-state index in [1.807, 2.05) is 0 Å². The molecule has 0 bridgehead atoms. The van der Waals surface area contributed by atoms with Crippen LogP contribution in [0, 0.1) is 0 Å². The van der Waals surface area contributed by atoms with Crippen molar-refractivity contribution in [2.24, 2.45) is 0 Å². The zero-order chi connectivity index (χ0) is 14.2. The molecular weight excluding hydrogens is 270 g/mol. The van der Waals surface area contributed by atoms with Crippen LogP contribution in [0.25, 0.3) is 0 Å². The lowest BCUT2D eigenvalue weighted by Crippen LogP contribution is -2.44. The van der Waals surface area contributed by atoms with Gasteiger partial charge in [0, 0.05) is 11.3 Å². The molecule has 6 nitrogen and oxygen atoms in total. The minimum atomic E-state index is -1.05. The van der Waals surface area contributed by atoms with E-state index in [1.165, 1.54) is 28.8 Å². The van der Waals surface area contributed by atoms with Gasteiger partial charge in [0.15, 0.2) is 11.5 Å². The fourth-order valence-electron chi connectivity index (χ4n) is 1.95. The van der Waals surface area contributed by atoms with Crippen LogP contribution in [-0.4, -0.2) is 49.3 Å². The average molecular weight is 283 g/mol. The van der Waals surface area contributed by atoms with Crippen molar-refractivity contribution in [1.29, 1.82) is 0 Å². The highest BCUT2D eigenvalue weighted by Crippen LogP contribution is 2.32. The summed E-state index contributed by atoms with van der Waals surface area (Å²) in [6, 6.07) is 2.81. The molecule has 19 heavy (non-hydrogen) atoms. The number of hydrogen-bond donors (Lipinski definition) is 3. The second-order valence-electron chi connectivity index (χ2n) is 4.20. The Kier molecular flexibility index (Phi) is 3.57. The number of amides is 1. The van der Waals surface area contributed by atoms with Crippen molar-refractivity contribution in [2.75, 3.05) is 5.75 Å². The minimum absolute atomic E-state index is 0.149. The number of aliphatic carboxylic acids is 1. The Morgan fingerprint density at radius 3 is 2.58 bits per heavy atom. The molecule has 3 N–H and O–H groups in total. The van der Waals surface area contributed by atoms with E-state index in [1.54, 1.807) is 6.92 Å². The Bertz CT molecular complexity index is 533. The van der Waals surface area contributed by atoms with Gasteiger partial charge in [0.25, 0.3) is 5.91 Å². The van der Waals surface area contributed by atoms with Crippen molar-refractivity contribution in [3.8, 4) is 11.5 Å². The summed E-state index contributed by atoms with van der Waals surface area (Å²) >= 11 is 1.38. The van der Waals surface area contributed by atoms with Crippen molar-refractivity contribution in [1.82, 2.24) is 4.90 Å². The number of carbonyl (C=O) groups excluding carboxylic acids is 1. The lowest BCUT2D eigenvalue weighted by Gasteiger charge is -2.25. The van der Waals surface area contributed by atoms with Crippen LogP contribution >= 0.6 is 11.8 Å². The Balaban J connectivity index is 2.31. The van der Waals surface area contributed by atoms with Gasteiger partial charge in [-0.3, -0.25) is 4.79 Å². The van der Waals surface area contributed by atoms with E-state index in [0.29, 0.717) is 5.75 Å². The Morgan fingerprint density at radius 1 is 1.32 bits per heavy atom. The third kappa shape index (κ3) is 2.46. The molecule has 1 saturated heterocycles. The zero-order valence-electron chi connectivity index (χ0n) is 10.1. The standard InChI is InChI=1S/C12H13NO5S/c1-6-13(8(5-19-6)12(17)18)11(16)7-2-3-9(14)10(15)4-7/h2-4,6,8,14-15H,5H2,1H3,(H,17,18). The predicted octanol–water partition coefficient (Wildman–Crippen LogP) is 1.09. The normalized spacial score (nSPS) is 22.5. The van der Waals surface area contributed by atoms with Crippen molar-refractivity contribution in [2.45, 2.75) is 18.3 Å². The highest BCUT2D eigenvalue weighted by Gasteiger charge is 2.39. The monoisotopic (exact) mass is 283 g/mol. The summed E-state index contributed by atoms with van der Waals surface area (Å²) in [6.07, 6.45) is 0. The number of carboxylic acid groups (broad SMARTS) is 1. The van der Waals surface area contributed by atoms with Gasteiger partial charge in [0.05, 0.1) is 5.37 Å². The van der Waals surface area contributed by atoms with Gasteiger partial charge >= 0.3 is 5.97 Å². The first-order valence-corrected chi connectivity index (χ1v) is 6.65. The van der Waals surface area contributed by atoms with Gasteiger partial charge in [-0.05, 0) is 25.1 Å². The Hall–Kier alpha value is -1.89. The highest BCUT2D eigenvalue weighted by atomic mass is 32.2. The molecule has 1 aliphatic heterocycles. The highest BCUT2D eigenvalue weighted by molar-refractivity contribution is 8.00. The summed E-state index contributed by atoms with van der Waals surface area (Å²) in [6.45, 7) is 1.76. The molecule has 2 unspecified atom stereocenters. The van der Waals surface area contributed by atoms with Crippen LogP contribution in [0.5, 0.6) is 11.5 Å². The summed E-state index contributed by atoms with van der Waals surface area (Å²) in [5.74, 6) is -1.91. The fraction of sp³-hybridized carbons (Fsp3) is 0.333. The molecule has 1 aromatic carbocycles. The van der Waals surface area contributed by atoms with E-state index in [9.17, 15) is 19.8 Å². The second-order valence-corrected chi connectivity index (χ2v) is 5.55. The van der Waals surface area contributed by atoms with E-state index < -0.39 is 23.7 Å². The molecule has 0 radical (unpaired) electrons. The summed E-state index contributed by atoms with van der Waals surface area (Å²) in [7, 11) is 0. The van der Waals surface area contributed by atoms with Gasteiger partial charge in [-0.1, -0.05) is 0 Å². The molecule has 2 atom stereocenters. The molecule has 0 aliphatic carbocycles. The number of rotatable bonds is 2. The second kappa shape index (κ2) is 5.00. The van der Waals surface area contributed by atoms with Gasteiger partial charge in [-0.15, -0.1) is 11.8 Å². The van der Waals surface area contributed by atoms with Crippen LogP contribution in [0.2, 0.25) is 0 Å². The van der Waals surface area contributed by atoms with Crippen molar-refractivity contribution < 1.29 is 24.9 Å². The van der Waals surface area contributed by atoms with E-state index >= 15 is 0 Å². The van der Waals surface area contributed by atoms with Crippen molar-refractivity contribution in [3.63, 3.8) is 0 Å². The third-order valence-electron chi connectivity index (χ3n) is 2.96. The van der Waals surface area contributed by atoms with Gasteiger partial charge in [0.1, 0.15) is 6.04 Å². The minimum Gasteiger partial charge on any atom is -0.504 e. The number of phenolic OH excluding ortho intramolecular Hbond substituents is 2.